The fourth-order valence-electron chi connectivity index (χ4n) is 1.43. The molecule has 1 aromatic carbocycles. The van der Waals surface area contributed by atoms with Gasteiger partial charge in [0.2, 0.25) is 0 Å². The molecular weight excluding hydrogens is 250 g/mol. The van der Waals surface area contributed by atoms with Crippen molar-refractivity contribution in [3.8, 4) is 0 Å². The summed E-state index contributed by atoms with van der Waals surface area (Å²) in [7, 11) is 1.25. The molecule has 0 heterocycles. The van der Waals surface area contributed by atoms with Crippen molar-refractivity contribution in [2.24, 2.45) is 0 Å². The van der Waals surface area contributed by atoms with Gasteiger partial charge >= 0.3 is 12.1 Å². The summed E-state index contributed by atoms with van der Waals surface area (Å²) < 4.78 is 9.34. The molecule has 0 aliphatic heterocycles. The minimum atomic E-state index is -0.664. The Labute approximate surface area is 111 Å². The zero-order valence-corrected chi connectivity index (χ0v) is 10.7. The van der Waals surface area contributed by atoms with E-state index in [0.29, 0.717) is 0 Å². The third kappa shape index (κ3) is 5.39. The Morgan fingerprint density at radius 2 is 1.95 bits per heavy atom. The summed E-state index contributed by atoms with van der Waals surface area (Å²) in [5.41, 5.74) is 0.868. The van der Waals surface area contributed by atoms with Crippen LogP contribution in [-0.2, 0) is 20.8 Å². The second-order valence-corrected chi connectivity index (χ2v) is 3.76. The van der Waals surface area contributed by atoms with Crippen LogP contribution in [-0.4, -0.2) is 48.9 Å². The second-order valence-electron chi connectivity index (χ2n) is 3.76. The van der Waals surface area contributed by atoms with Crippen LogP contribution in [0.2, 0.25) is 0 Å². The zero-order valence-electron chi connectivity index (χ0n) is 10.7. The van der Waals surface area contributed by atoms with Crippen molar-refractivity contribution in [3.63, 3.8) is 0 Å². The largest absolute Gasteiger partial charge is 0.468 e. The van der Waals surface area contributed by atoms with E-state index in [9.17, 15) is 9.59 Å². The minimum absolute atomic E-state index is 0.106. The third-order valence-corrected chi connectivity index (χ3v) is 2.34. The lowest BCUT2D eigenvalue weighted by atomic mass is 10.2. The Kier molecular flexibility index (Phi) is 6.38. The fourth-order valence-corrected chi connectivity index (χ4v) is 1.43. The number of amides is 1. The van der Waals surface area contributed by atoms with Gasteiger partial charge in [0.1, 0.15) is 13.2 Å². The molecule has 104 valence electrons. The monoisotopic (exact) mass is 267 g/mol. The molecule has 0 aliphatic carbocycles. The van der Waals surface area contributed by atoms with Gasteiger partial charge in [-0.05, 0) is 5.56 Å². The Balaban J connectivity index is 2.68. The van der Waals surface area contributed by atoms with E-state index in [0.717, 1.165) is 5.56 Å². The summed E-state index contributed by atoms with van der Waals surface area (Å²) in [5, 5.41) is 8.63. The first-order chi connectivity index (χ1) is 9.17. The van der Waals surface area contributed by atoms with E-state index in [1.54, 1.807) is 0 Å². The summed E-state index contributed by atoms with van der Waals surface area (Å²) in [4.78, 5) is 24.2. The van der Waals surface area contributed by atoms with Gasteiger partial charge in [-0.2, -0.15) is 0 Å². The number of carbonyl (C=O) groups excluding carboxylic acids is 2. The highest BCUT2D eigenvalue weighted by molar-refractivity contribution is 5.77. The molecule has 1 rings (SSSR count). The van der Waals surface area contributed by atoms with Gasteiger partial charge < -0.3 is 14.6 Å². The highest BCUT2D eigenvalue weighted by atomic mass is 16.6. The van der Waals surface area contributed by atoms with Crippen LogP contribution in [0.1, 0.15) is 5.56 Å². The van der Waals surface area contributed by atoms with Crippen molar-refractivity contribution in [1.29, 1.82) is 0 Å². The van der Waals surface area contributed by atoms with Gasteiger partial charge in [0.15, 0.2) is 0 Å². The standard InChI is InChI=1S/C13H17NO5/c1-18-12(16)10-14(13(17)19-8-7-15)9-11-5-3-2-4-6-11/h2-6,15H,7-10H2,1H3. The van der Waals surface area contributed by atoms with Gasteiger partial charge in [-0.15, -0.1) is 0 Å². The number of hydrogen-bond donors (Lipinski definition) is 1. The van der Waals surface area contributed by atoms with E-state index in [1.165, 1.54) is 12.0 Å². The van der Waals surface area contributed by atoms with Crippen molar-refractivity contribution in [2.75, 3.05) is 26.9 Å². The third-order valence-electron chi connectivity index (χ3n) is 2.34. The molecular formula is C13H17NO5. The van der Waals surface area contributed by atoms with Crippen molar-refractivity contribution in [1.82, 2.24) is 4.90 Å². The van der Waals surface area contributed by atoms with Gasteiger partial charge in [-0.3, -0.25) is 9.69 Å². The first-order valence-corrected chi connectivity index (χ1v) is 5.80. The molecule has 6 heteroatoms. The normalized spacial score (nSPS) is 9.79. The van der Waals surface area contributed by atoms with E-state index in [2.05, 4.69) is 4.74 Å². The number of ether oxygens (including phenoxy) is 2. The van der Waals surface area contributed by atoms with Crippen LogP contribution < -0.4 is 0 Å². The molecule has 0 aromatic heterocycles. The quantitative estimate of drug-likeness (QED) is 0.771. The fraction of sp³-hybridized carbons (Fsp3) is 0.385. The number of aliphatic hydroxyl groups excluding tert-OH is 1. The molecule has 19 heavy (non-hydrogen) atoms. The predicted octanol–water partition coefficient (Wildman–Crippen LogP) is 0.790. The summed E-state index contributed by atoms with van der Waals surface area (Å²) in [6, 6.07) is 9.21. The number of carbonyl (C=O) groups is 2. The maximum atomic E-state index is 11.7. The SMILES string of the molecule is COC(=O)CN(Cc1ccccc1)C(=O)OCCO. The second kappa shape index (κ2) is 8.10. The van der Waals surface area contributed by atoms with Gasteiger partial charge in [0.25, 0.3) is 0 Å². The summed E-state index contributed by atoms with van der Waals surface area (Å²) in [6.45, 7) is -0.329. The highest BCUT2D eigenvalue weighted by Gasteiger charge is 2.19. The van der Waals surface area contributed by atoms with Crippen molar-refractivity contribution < 1.29 is 24.2 Å². The van der Waals surface area contributed by atoms with Crippen LogP contribution in [0.3, 0.4) is 0 Å². The smallest absolute Gasteiger partial charge is 0.410 e. The molecule has 0 spiro atoms. The van der Waals surface area contributed by atoms with E-state index < -0.39 is 12.1 Å². The van der Waals surface area contributed by atoms with Crippen LogP contribution in [0.15, 0.2) is 30.3 Å². The summed E-state index contributed by atoms with van der Waals surface area (Å²) in [6.07, 6.45) is -0.664. The lowest BCUT2D eigenvalue weighted by Crippen LogP contribution is -2.36. The Morgan fingerprint density at radius 1 is 1.26 bits per heavy atom. The predicted molar refractivity (Wildman–Crippen MR) is 67.3 cm³/mol. The molecule has 1 amide bonds. The number of benzene rings is 1. The van der Waals surface area contributed by atoms with Crippen LogP contribution >= 0.6 is 0 Å². The number of rotatable bonds is 6. The van der Waals surface area contributed by atoms with Crippen molar-refractivity contribution >= 4 is 12.1 Å². The lowest BCUT2D eigenvalue weighted by molar-refractivity contribution is -0.141. The molecule has 0 bridgehead atoms. The van der Waals surface area contributed by atoms with Gasteiger partial charge in [0, 0.05) is 6.54 Å². The summed E-state index contributed by atoms with van der Waals surface area (Å²) >= 11 is 0. The zero-order chi connectivity index (χ0) is 14.1. The molecule has 6 nitrogen and oxygen atoms in total. The molecule has 0 radical (unpaired) electrons. The number of nitrogens with zero attached hydrogens (tertiary/aromatic N) is 1. The molecule has 0 saturated heterocycles. The van der Waals surface area contributed by atoms with E-state index >= 15 is 0 Å². The molecule has 0 atom stereocenters. The number of esters is 1. The number of aliphatic hydroxyl groups is 1. The van der Waals surface area contributed by atoms with Gasteiger partial charge in [-0.1, -0.05) is 30.3 Å². The maximum absolute atomic E-state index is 11.7. The Hall–Kier alpha value is -2.08. The van der Waals surface area contributed by atoms with E-state index in [1.807, 2.05) is 30.3 Å². The molecule has 0 aliphatic rings. The van der Waals surface area contributed by atoms with Crippen LogP contribution in [0.4, 0.5) is 4.79 Å². The van der Waals surface area contributed by atoms with Crippen LogP contribution in [0.5, 0.6) is 0 Å². The first-order valence-electron chi connectivity index (χ1n) is 5.80. The maximum Gasteiger partial charge on any atom is 0.410 e. The minimum Gasteiger partial charge on any atom is -0.468 e. The Morgan fingerprint density at radius 3 is 2.53 bits per heavy atom. The number of methoxy groups -OCH3 is 1. The van der Waals surface area contributed by atoms with Crippen LogP contribution in [0, 0.1) is 0 Å². The van der Waals surface area contributed by atoms with E-state index in [-0.39, 0.29) is 26.3 Å². The lowest BCUT2D eigenvalue weighted by Gasteiger charge is -2.20. The average Bonchev–Trinajstić information content (AvgIpc) is 2.44. The highest BCUT2D eigenvalue weighted by Crippen LogP contribution is 2.06. The molecule has 0 saturated carbocycles. The Bertz CT molecular complexity index is 407. The first kappa shape index (κ1) is 15.0. The topological polar surface area (TPSA) is 76.1 Å². The molecule has 1 N–H and O–H groups in total. The van der Waals surface area contributed by atoms with E-state index in [4.69, 9.17) is 9.84 Å². The number of hydrogen-bond acceptors (Lipinski definition) is 5. The molecule has 1 aromatic rings. The molecule has 0 fully saturated rings. The van der Waals surface area contributed by atoms with Gasteiger partial charge in [-0.25, -0.2) is 4.79 Å². The van der Waals surface area contributed by atoms with Gasteiger partial charge in [0.05, 0.1) is 13.7 Å². The average molecular weight is 267 g/mol. The van der Waals surface area contributed by atoms with Crippen molar-refractivity contribution in [2.45, 2.75) is 6.54 Å². The molecule has 0 unspecified atom stereocenters. The summed E-state index contributed by atoms with van der Waals surface area (Å²) in [5.74, 6) is -0.531. The van der Waals surface area contributed by atoms with Crippen LogP contribution in [0.25, 0.3) is 0 Å². The van der Waals surface area contributed by atoms with Crippen molar-refractivity contribution in [3.05, 3.63) is 35.9 Å².